The fourth-order valence-electron chi connectivity index (χ4n) is 10.3. The summed E-state index contributed by atoms with van der Waals surface area (Å²) in [6.07, 6.45) is 4.31. The average Bonchev–Trinajstić information content (AvgIpc) is 3.61. The summed E-state index contributed by atoms with van der Waals surface area (Å²) in [6, 6.07) is 15.5. The molecule has 4 heterocycles. The highest BCUT2D eigenvalue weighted by molar-refractivity contribution is 6.23. The van der Waals surface area contributed by atoms with Crippen LogP contribution in [0.5, 0.6) is 5.75 Å². The van der Waals surface area contributed by atoms with E-state index in [0.29, 0.717) is 44.6 Å². The van der Waals surface area contributed by atoms with Crippen LogP contribution in [0, 0.1) is 11.3 Å². The van der Waals surface area contributed by atoms with E-state index in [0.717, 1.165) is 46.5 Å². The van der Waals surface area contributed by atoms with Gasteiger partial charge in [-0.25, -0.2) is 0 Å². The Balaban J connectivity index is 0.810. The summed E-state index contributed by atoms with van der Waals surface area (Å²) in [7, 11) is 1.68. The van der Waals surface area contributed by atoms with E-state index in [2.05, 4.69) is 43.6 Å². The number of imide groups is 2. The number of benzene rings is 3. The number of nitrogens with one attached hydrogen (secondary N) is 5. The lowest BCUT2D eigenvalue weighted by Crippen LogP contribution is -2.62. The molecule has 18 nitrogen and oxygen atoms in total. The molecule has 5 N–H and O–H groups in total. The zero-order valence-corrected chi connectivity index (χ0v) is 41.3. The van der Waals surface area contributed by atoms with Gasteiger partial charge in [-0.2, -0.15) is 0 Å². The first-order valence-electron chi connectivity index (χ1n) is 24.9. The van der Waals surface area contributed by atoms with Crippen LogP contribution in [-0.2, 0) is 52.9 Å². The van der Waals surface area contributed by atoms with Gasteiger partial charge in [-0.05, 0) is 110 Å². The molecule has 71 heavy (non-hydrogen) atoms. The number of fused-ring (bicyclic) bond motifs is 3. The van der Waals surface area contributed by atoms with Gasteiger partial charge in [0, 0.05) is 50.6 Å². The zero-order valence-electron chi connectivity index (χ0n) is 41.3. The first kappa shape index (κ1) is 50.7. The van der Waals surface area contributed by atoms with Crippen LogP contribution >= 0.6 is 0 Å². The SMILES string of the molecule is CN[C@@H](C)C(=O)N[C@H](C(=O)N1Cc2cc(OCCOCCNC(=O)C3CCN(c4ccc5c(c4)C(=O)N(C4CCC(=O)NC4=O)C5=O)CC3)ccc2C[C@H]1C(=O)N[C@@H]1CCCc2ccccc21)C(C)(C)C. The van der Waals surface area contributed by atoms with E-state index in [9.17, 15) is 38.4 Å². The van der Waals surface area contributed by atoms with Crippen molar-refractivity contribution in [2.45, 2.75) is 116 Å². The lowest BCUT2D eigenvalue weighted by atomic mass is 9.83. The third-order valence-corrected chi connectivity index (χ3v) is 14.5. The number of hydrogen-bond donors (Lipinski definition) is 5. The van der Waals surface area contributed by atoms with Gasteiger partial charge >= 0.3 is 0 Å². The number of ether oxygens (including phenoxy) is 2. The molecular formula is C53H66N8O10. The molecule has 1 aliphatic carbocycles. The molecule has 5 aliphatic rings. The smallest absolute Gasteiger partial charge is 0.262 e. The molecule has 18 heteroatoms. The van der Waals surface area contributed by atoms with E-state index in [4.69, 9.17) is 9.47 Å². The van der Waals surface area contributed by atoms with Crippen molar-refractivity contribution in [3.63, 3.8) is 0 Å². The largest absolute Gasteiger partial charge is 0.491 e. The molecule has 378 valence electrons. The van der Waals surface area contributed by atoms with Crippen LogP contribution in [0.1, 0.15) is 115 Å². The third-order valence-electron chi connectivity index (χ3n) is 14.5. The van der Waals surface area contributed by atoms with Gasteiger partial charge in [0.1, 0.15) is 30.5 Å². The van der Waals surface area contributed by atoms with Crippen LogP contribution in [0.4, 0.5) is 5.69 Å². The fourth-order valence-corrected chi connectivity index (χ4v) is 10.3. The Morgan fingerprint density at radius 3 is 2.32 bits per heavy atom. The second-order valence-electron chi connectivity index (χ2n) is 20.3. The van der Waals surface area contributed by atoms with Crippen molar-refractivity contribution in [3.8, 4) is 5.75 Å². The highest BCUT2D eigenvalue weighted by atomic mass is 16.5. The second kappa shape index (κ2) is 21.8. The Morgan fingerprint density at radius 2 is 1.58 bits per heavy atom. The van der Waals surface area contributed by atoms with Gasteiger partial charge in [-0.1, -0.05) is 51.1 Å². The molecule has 3 aromatic carbocycles. The minimum absolute atomic E-state index is 0.0492. The molecule has 8 amide bonds. The summed E-state index contributed by atoms with van der Waals surface area (Å²) < 4.78 is 11.9. The summed E-state index contributed by atoms with van der Waals surface area (Å²) in [5, 5.41) is 14.4. The molecule has 5 atom stereocenters. The van der Waals surface area contributed by atoms with Gasteiger partial charge in [-0.3, -0.25) is 48.6 Å². The molecule has 1 unspecified atom stereocenters. The van der Waals surface area contributed by atoms with E-state index < -0.39 is 53.2 Å². The molecule has 0 saturated carbocycles. The molecule has 3 aromatic rings. The Morgan fingerprint density at radius 1 is 0.817 bits per heavy atom. The number of aryl methyl sites for hydroxylation is 1. The number of nitrogens with zero attached hydrogens (tertiary/aromatic N) is 3. The monoisotopic (exact) mass is 974 g/mol. The minimum atomic E-state index is -1.03. The highest BCUT2D eigenvalue weighted by Gasteiger charge is 2.46. The lowest BCUT2D eigenvalue weighted by Gasteiger charge is -2.41. The van der Waals surface area contributed by atoms with Gasteiger partial charge in [0.25, 0.3) is 11.8 Å². The Bertz CT molecular complexity index is 2570. The number of anilines is 1. The number of amides is 8. The standard InChI is InChI=1S/C53H66N8O10/c1-31(54-5)46(63)58-45(53(2,3)4)52(69)60-30-35-27-37(15-13-34(35)28-43(60)49(66)56-41-12-8-10-32-9-6-7-11-38(32)41)71-26-25-70-24-21-55-47(64)33-19-22-59(23-20-33)36-14-16-39-40(29-36)51(68)61(50(39)67)42-17-18-44(62)57-48(42)65/h6-7,9,11,13-16,27,29,31,33,41-43,45,54H,8,10,12,17-26,28,30H2,1-5H3,(H,55,64)(H,56,66)(H,58,63)(H,57,62,65)/t31-,41+,42?,43-,45+/m0/s1. The topological polar surface area (TPSA) is 225 Å². The summed E-state index contributed by atoms with van der Waals surface area (Å²) in [5.41, 5.74) is 4.62. The maximum absolute atomic E-state index is 14.7. The predicted molar refractivity (Wildman–Crippen MR) is 262 cm³/mol. The molecule has 0 aromatic heterocycles. The van der Waals surface area contributed by atoms with Crippen molar-refractivity contribution in [2.24, 2.45) is 11.3 Å². The Hall–Kier alpha value is -6.66. The Labute approximate surface area is 414 Å². The minimum Gasteiger partial charge on any atom is -0.491 e. The normalized spacial score (nSPS) is 21.1. The molecule has 2 saturated heterocycles. The zero-order chi connectivity index (χ0) is 50.6. The fraction of sp³-hybridized carbons (Fsp3) is 0.509. The number of piperidine rings is 2. The van der Waals surface area contributed by atoms with E-state index in [1.54, 1.807) is 37.1 Å². The Kier molecular flexibility index (Phi) is 15.6. The van der Waals surface area contributed by atoms with Crippen molar-refractivity contribution in [1.82, 2.24) is 36.4 Å². The van der Waals surface area contributed by atoms with Gasteiger partial charge in [0.15, 0.2) is 0 Å². The number of likely N-dealkylation sites (N-methyl/N-ethyl adjacent to an activating group) is 1. The van der Waals surface area contributed by atoms with Gasteiger partial charge < -0.3 is 40.5 Å². The summed E-state index contributed by atoms with van der Waals surface area (Å²) in [6.45, 7) is 9.81. The van der Waals surface area contributed by atoms with E-state index in [1.165, 1.54) is 5.56 Å². The highest BCUT2D eigenvalue weighted by Crippen LogP contribution is 2.35. The van der Waals surface area contributed by atoms with Crippen molar-refractivity contribution in [2.75, 3.05) is 51.4 Å². The molecule has 0 bridgehead atoms. The van der Waals surface area contributed by atoms with Crippen LogP contribution < -0.4 is 36.2 Å². The van der Waals surface area contributed by atoms with Crippen LogP contribution in [0.3, 0.4) is 0 Å². The van der Waals surface area contributed by atoms with Crippen molar-refractivity contribution < 1.29 is 47.8 Å². The van der Waals surface area contributed by atoms with Crippen LogP contribution in [0.15, 0.2) is 60.7 Å². The van der Waals surface area contributed by atoms with Gasteiger partial charge in [-0.15, -0.1) is 0 Å². The summed E-state index contributed by atoms with van der Waals surface area (Å²) >= 11 is 0. The lowest BCUT2D eigenvalue weighted by molar-refractivity contribution is -0.147. The van der Waals surface area contributed by atoms with Crippen LogP contribution in [0.2, 0.25) is 0 Å². The number of carbonyl (C=O) groups excluding carboxylic acids is 8. The second-order valence-corrected chi connectivity index (χ2v) is 20.3. The number of carbonyl (C=O) groups is 8. The first-order chi connectivity index (χ1) is 34.0. The van der Waals surface area contributed by atoms with Gasteiger partial charge in [0.05, 0.1) is 36.4 Å². The molecular weight excluding hydrogens is 909 g/mol. The molecule has 8 rings (SSSR count). The van der Waals surface area contributed by atoms with Crippen molar-refractivity contribution >= 4 is 52.9 Å². The summed E-state index contributed by atoms with van der Waals surface area (Å²) in [5.74, 6) is -2.76. The van der Waals surface area contributed by atoms with Crippen molar-refractivity contribution in [1.29, 1.82) is 0 Å². The molecule has 0 spiro atoms. The summed E-state index contributed by atoms with van der Waals surface area (Å²) in [4.78, 5) is 111. The molecule has 2 fully saturated rings. The maximum Gasteiger partial charge on any atom is 0.262 e. The molecule has 0 radical (unpaired) electrons. The van der Waals surface area contributed by atoms with E-state index >= 15 is 0 Å². The first-order valence-corrected chi connectivity index (χ1v) is 24.9. The third kappa shape index (κ3) is 11.3. The van der Waals surface area contributed by atoms with Crippen LogP contribution in [-0.4, -0.2) is 128 Å². The van der Waals surface area contributed by atoms with E-state index in [1.807, 2.05) is 51.1 Å². The quantitative estimate of drug-likeness (QED) is 0.103. The average molecular weight is 975 g/mol. The van der Waals surface area contributed by atoms with Gasteiger partial charge in [0.2, 0.25) is 35.4 Å². The molecule has 4 aliphatic heterocycles. The van der Waals surface area contributed by atoms with E-state index in [-0.39, 0.29) is 85.9 Å². The number of rotatable bonds is 16. The predicted octanol–water partition coefficient (Wildman–Crippen LogP) is 3.10. The number of hydrogen-bond acceptors (Lipinski definition) is 12. The maximum atomic E-state index is 14.7. The van der Waals surface area contributed by atoms with Crippen LogP contribution in [0.25, 0.3) is 0 Å². The van der Waals surface area contributed by atoms with Crippen molar-refractivity contribution in [3.05, 3.63) is 94.0 Å².